The quantitative estimate of drug-likeness (QED) is 0.786. The van der Waals surface area contributed by atoms with Gasteiger partial charge in [0.05, 0.1) is 19.2 Å². The van der Waals surface area contributed by atoms with Crippen LogP contribution in [0.3, 0.4) is 0 Å². The Morgan fingerprint density at radius 3 is 2.38 bits per heavy atom. The van der Waals surface area contributed by atoms with Crippen LogP contribution < -0.4 is 20.5 Å². The highest BCUT2D eigenvalue weighted by Gasteiger charge is 2.36. The predicted molar refractivity (Wildman–Crippen MR) is 84.1 cm³/mol. The standard InChI is InChI=1S/C15H22N2O3.ClH/c1-19-12-4-6-13(7-5-12)20-11-10-17-14(18)15(16)8-2-3-9-15;/h4-7H,2-3,8-11,16H2,1H3,(H,17,18);1H. The van der Waals surface area contributed by atoms with Gasteiger partial charge >= 0.3 is 0 Å². The van der Waals surface area contributed by atoms with Crippen LogP contribution in [0.1, 0.15) is 25.7 Å². The molecule has 3 N–H and O–H groups in total. The highest BCUT2D eigenvalue weighted by molar-refractivity contribution is 5.86. The molecule has 1 aliphatic rings. The molecule has 1 aliphatic carbocycles. The number of amides is 1. The van der Waals surface area contributed by atoms with Crippen molar-refractivity contribution in [3.8, 4) is 11.5 Å². The van der Waals surface area contributed by atoms with Gasteiger partial charge in [-0.25, -0.2) is 0 Å². The highest BCUT2D eigenvalue weighted by atomic mass is 35.5. The summed E-state index contributed by atoms with van der Waals surface area (Å²) in [7, 11) is 1.62. The van der Waals surface area contributed by atoms with Crippen LogP contribution >= 0.6 is 12.4 Å². The number of benzene rings is 1. The van der Waals surface area contributed by atoms with E-state index in [1.807, 2.05) is 24.3 Å². The van der Waals surface area contributed by atoms with Gasteiger partial charge in [0.15, 0.2) is 0 Å². The van der Waals surface area contributed by atoms with Gasteiger partial charge in [-0.1, -0.05) is 12.8 Å². The fraction of sp³-hybridized carbons (Fsp3) is 0.533. The SMILES string of the molecule is COc1ccc(OCCNC(=O)C2(N)CCCC2)cc1.Cl. The summed E-state index contributed by atoms with van der Waals surface area (Å²) in [5.41, 5.74) is 5.39. The van der Waals surface area contributed by atoms with E-state index in [9.17, 15) is 4.79 Å². The normalized spacial score (nSPS) is 15.9. The summed E-state index contributed by atoms with van der Waals surface area (Å²) in [6, 6.07) is 7.34. The van der Waals surface area contributed by atoms with E-state index in [1.165, 1.54) is 0 Å². The molecule has 5 nitrogen and oxygen atoms in total. The summed E-state index contributed by atoms with van der Waals surface area (Å²) in [4.78, 5) is 12.0. The van der Waals surface area contributed by atoms with Crippen molar-refractivity contribution in [1.29, 1.82) is 0 Å². The van der Waals surface area contributed by atoms with E-state index in [0.717, 1.165) is 37.2 Å². The summed E-state index contributed by atoms with van der Waals surface area (Å²) < 4.78 is 10.6. The maximum atomic E-state index is 12.0. The number of carbonyl (C=O) groups is 1. The van der Waals surface area contributed by atoms with Crippen LogP contribution in [0.4, 0.5) is 0 Å². The minimum Gasteiger partial charge on any atom is -0.497 e. The average molecular weight is 315 g/mol. The van der Waals surface area contributed by atoms with Gasteiger partial charge in [-0.15, -0.1) is 12.4 Å². The summed E-state index contributed by atoms with van der Waals surface area (Å²) in [5, 5.41) is 2.84. The summed E-state index contributed by atoms with van der Waals surface area (Å²) in [6.45, 7) is 0.887. The molecule has 0 unspecified atom stereocenters. The second kappa shape index (κ2) is 8.10. The molecule has 118 valence electrons. The topological polar surface area (TPSA) is 73.6 Å². The van der Waals surface area contributed by atoms with Crippen molar-refractivity contribution in [2.24, 2.45) is 5.73 Å². The minimum absolute atomic E-state index is 0. The summed E-state index contributed by atoms with van der Waals surface area (Å²) >= 11 is 0. The van der Waals surface area contributed by atoms with Crippen LogP contribution in [0.2, 0.25) is 0 Å². The Balaban J connectivity index is 0.00000220. The van der Waals surface area contributed by atoms with Crippen molar-refractivity contribution in [3.05, 3.63) is 24.3 Å². The van der Waals surface area contributed by atoms with Crippen molar-refractivity contribution >= 4 is 18.3 Å². The molecular formula is C15H23ClN2O3. The number of carbonyl (C=O) groups excluding carboxylic acids is 1. The van der Waals surface area contributed by atoms with Crippen molar-refractivity contribution < 1.29 is 14.3 Å². The lowest BCUT2D eigenvalue weighted by atomic mass is 9.98. The molecule has 0 radical (unpaired) electrons. The number of methoxy groups -OCH3 is 1. The van der Waals surface area contributed by atoms with E-state index in [0.29, 0.717) is 13.2 Å². The van der Waals surface area contributed by atoms with E-state index in [1.54, 1.807) is 7.11 Å². The fourth-order valence-corrected chi connectivity index (χ4v) is 2.41. The molecule has 0 saturated heterocycles. The molecule has 2 rings (SSSR count). The van der Waals surface area contributed by atoms with Gasteiger partial charge in [0.2, 0.25) is 5.91 Å². The first-order chi connectivity index (χ1) is 9.64. The zero-order valence-corrected chi connectivity index (χ0v) is 13.1. The molecule has 1 amide bonds. The number of hydrogen-bond acceptors (Lipinski definition) is 4. The number of nitrogens with two attached hydrogens (primary N) is 1. The van der Waals surface area contributed by atoms with Crippen LogP contribution in [0.5, 0.6) is 11.5 Å². The first-order valence-corrected chi connectivity index (χ1v) is 6.98. The lowest BCUT2D eigenvalue weighted by Gasteiger charge is -2.22. The van der Waals surface area contributed by atoms with Crippen molar-refractivity contribution in [2.45, 2.75) is 31.2 Å². The van der Waals surface area contributed by atoms with E-state index in [-0.39, 0.29) is 18.3 Å². The Bertz CT molecular complexity index is 445. The maximum absolute atomic E-state index is 12.0. The van der Waals surface area contributed by atoms with Crippen molar-refractivity contribution in [1.82, 2.24) is 5.32 Å². The van der Waals surface area contributed by atoms with Gasteiger partial charge in [0.1, 0.15) is 18.1 Å². The maximum Gasteiger partial charge on any atom is 0.240 e. The third kappa shape index (κ3) is 4.79. The van der Waals surface area contributed by atoms with Gasteiger partial charge in [0, 0.05) is 0 Å². The molecule has 0 bridgehead atoms. The van der Waals surface area contributed by atoms with Crippen LogP contribution in [0.15, 0.2) is 24.3 Å². The largest absolute Gasteiger partial charge is 0.497 e. The number of ether oxygens (including phenoxy) is 2. The van der Waals surface area contributed by atoms with Crippen LogP contribution in [-0.2, 0) is 4.79 Å². The van der Waals surface area contributed by atoms with E-state index < -0.39 is 5.54 Å². The second-order valence-corrected chi connectivity index (χ2v) is 5.14. The Labute approximate surface area is 131 Å². The Kier molecular flexibility index (Phi) is 6.78. The van der Waals surface area contributed by atoms with Gasteiger partial charge in [-0.3, -0.25) is 4.79 Å². The Hall–Kier alpha value is -1.46. The third-order valence-corrected chi connectivity index (χ3v) is 3.66. The zero-order chi connectivity index (χ0) is 14.4. The highest BCUT2D eigenvalue weighted by Crippen LogP contribution is 2.27. The lowest BCUT2D eigenvalue weighted by Crippen LogP contribution is -2.52. The lowest BCUT2D eigenvalue weighted by molar-refractivity contribution is -0.126. The molecule has 0 atom stereocenters. The van der Waals surface area contributed by atoms with Crippen molar-refractivity contribution in [2.75, 3.05) is 20.3 Å². The minimum atomic E-state index is -0.667. The first kappa shape index (κ1) is 17.6. The zero-order valence-electron chi connectivity index (χ0n) is 12.3. The monoisotopic (exact) mass is 314 g/mol. The number of rotatable bonds is 6. The molecule has 1 saturated carbocycles. The van der Waals surface area contributed by atoms with Gasteiger partial charge < -0.3 is 20.5 Å². The Morgan fingerprint density at radius 1 is 1.24 bits per heavy atom. The van der Waals surface area contributed by atoms with E-state index in [2.05, 4.69) is 5.32 Å². The van der Waals surface area contributed by atoms with Crippen LogP contribution in [0, 0.1) is 0 Å². The van der Waals surface area contributed by atoms with E-state index in [4.69, 9.17) is 15.2 Å². The molecule has 1 aromatic carbocycles. The molecule has 0 aliphatic heterocycles. The average Bonchev–Trinajstić information content (AvgIpc) is 2.92. The predicted octanol–water partition coefficient (Wildman–Crippen LogP) is 1.88. The number of nitrogens with one attached hydrogen (secondary N) is 1. The smallest absolute Gasteiger partial charge is 0.240 e. The van der Waals surface area contributed by atoms with Crippen LogP contribution in [-0.4, -0.2) is 31.7 Å². The molecule has 0 spiro atoms. The van der Waals surface area contributed by atoms with Crippen LogP contribution in [0.25, 0.3) is 0 Å². The van der Waals surface area contributed by atoms with Gasteiger partial charge in [0.25, 0.3) is 0 Å². The molecule has 1 fully saturated rings. The first-order valence-electron chi connectivity index (χ1n) is 6.98. The molecule has 0 heterocycles. The molecular weight excluding hydrogens is 292 g/mol. The molecule has 0 aromatic heterocycles. The molecule has 6 heteroatoms. The molecule has 21 heavy (non-hydrogen) atoms. The second-order valence-electron chi connectivity index (χ2n) is 5.14. The summed E-state index contributed by atoms with van der Waals surface area (Å²) in [5.74, 6) is 1.48. The summed E-state index contributed by atoms with van der Waals surface area (Å²) in [6.07, 6.45) is 3.62. The number of hydrogen-bond donors (Lipinski definition) is 2. The number of halogens is 1. The molecule has 1 aromatic rings. The van der Waals surface area contributed by atoms with Gasteiger partial charge in [-0.05, 0) is 37.1 Å². The van der Waals surface area contributed by atoms with Crippen molar-refractivity contribution in [3.63, 3.8) is 0 Å². The third-order valence-electron chi connectivity index (χ3n) is 3.66. The fourth-order valence-electron chi connectivity index (χ4n) is 2.41. The Morgan fingerprint density at radius 2 is 1.81 bits per heavy atom. The van der Waals surface area contributed by atoms with E-state index >= 15 is 0 Å². The van der Waals surface area contributed by atoms with Gasteiger partial charge in [-0.2, -0.15) is 0 Å².